The first-order valence-corrected chi connectivity index (χ1v) is 9.51. The molecule has 0 radical (unpaired) electrons. The van der Waals surface area contributed by atoms with Gasteiger partial charge in [0.05, 0.1) is 6.61 Å². The number of rotatable bonds is 6. The van der Waals surface area contributed by atoms with Gasteiger partial charge in [0.2, 0.25) is 0 Å². The van der Waals surface area contributed by atoms with E-state index in [1.165, 1.54) is 16.8 Å². The lowest BCUT2D eigenvalue weighted by atomic mass is 9.87. The normalized spacial score (nSPS) is 20.5. The van der Waals surface area contributed by atoms with Gasteiger partial charge in [-0.15, -0.1) is 0 Å². The zero-order chi connectivity index (χ0) is 17.6. The Morgan fingerprint density at radius 3 is 2.36 bits per heavy atom. The summed E-state index contributed by atoms with van der Waals surface area (Å²) in [7, 11) is 0. The Morgan fingerprint density at radius 2 is 1.72 bits per heavy atom. The third-order valence-electron chi connectivity index (χ3n) is 5.02. The number of hydrogen-bond acceptors (Lipinski definition) is 3. The van der Waals surface area contributed by atoms with Crippen molar-refractivity contribution in [2.75, 3.05) is 24.6 Å². The molecule has 2 aromatic carbocycles. The van der Waals surface area contributed by atoms with Crippen LogP contribution >= 0.6 is 0 Å². The fraction of sp³-hybridized carbons (Fsp3) is 0.455. The van der Waals surface area contributed by atoms with Gasteiger partial charge in [-0.3, -0.25) is 0 Å². The molecule has 1 heterocycles. The second kappa shape index (κ2) is 8.39. The van der Waals surface area contributed by atoms with E-state index < -0.39 is 0 Å². The average Bonchev–Trinajstić information content (AvgIpc) is 2.66. The molecule has 1 saturated heterocycles. The number of aryl methyl sites for hydroxylation is 1. The lowest BCUT2D eigenvalue weighted by Crippen LogP contribution is -2.46. The lowest BCUT2D eigenvalue weighted by Gasteiger charge is -2.38. The van der Waals surface area contributed by atoms with Crippen molar-refractivity contribution in [1.29, 1.82) is 0 Å². The van der Waals surface area contributed by atoms with Crippen molar-refractivity contribution in [3.05, 3.63) is 59.7 Å². The van der Waals surface area contributed by atoms with Gasteiger partial charge in [-0.25, -0.2) is 0 Å². The number of anilines is 1. The lowest BCUT2D eigenvalue weighted by molar-refractivity contribution is 0.317. The molecule has 0 saturated carbocycles. The summed E-state index contributed by atoms with van der Waals surface area (Å²) in [6.45, 7) is 7.02. The third-order valence-corrected chi connectivity index (χ3v) is 5.02. The molecular formula is C22H30N2O. The van der Waals surface area contributed by atoms with E-state index in [0.717, 1.165) is 44.7 Å². The summed E-state index contributed by atoms with van der Waals surface area (Å²) in [6, 6.07) is 17.7. The summed E-state index contributed by atoms with van der Waals surface area (Å²) >= 11 is 0. The summed E-state index contributed by atoms with van der Waals surface area (Å²) in [5.74, 6) is 1.43. The average molecular weight is 338 g/mol. The first-order chi connectivity index (χ1) is 12.2. The van der Waals surface area contributed by atoms with Gasteiger partial charge < -0.3 is 15.4 Å². The molecule has 3 rings (SSSR count). The molecule has 2 atom stereocenters. The van der Waals surface area contributed by atoms with Crippen molar-refractivity contribution < 1.29 is 4.74 Å². The van der Waals surface area contributed by atoms with E-state index in [-0.39, 0.29) is 6.04 Å². The van der Waals surface area contributed by atoms with Crippen LogP contribution in [0.1, 0.15) is 43.7 Å². The SMILES string of the molecule is CCCOc1ccc(N2CC(N)CC(c3ccc(CC)cc3)C2)cc1. The maximum absolute atomic E-state index is 6.38. The Hall–Kier alpha value is -2.00. The quantitative estimate of drug-likeness (QED) is 0.850. The number of hydrogen-bond donors (Lipinski definition) is 1. The van der Waals surface area contributed by atoms with E-state index in [0.29, 0.717) is 5.92 Å². The number of nitrogens with two attached hydrogens (primary N) is 1. The molecular weight excluding hydrogens is 308 g/mol. The largest absolute Gasteiger partial charge is 0.494 e. The first kappa shape index (κ1) is 17.8. The number of piperidine rings is 1. The second-order valence-corrected chi connectivity index (χ2v) is 7.04. The van der Waals surface area contributed by atoms with Crippen molar-refractivity contribution in [2.24, 2.45) is 5.73 Å². The van der Waals surface area contributed by atoms with E-state index in [2.05, 4.69) is 67.3 Å². The van der Waals surface area contributed by atoms with Crippen LogP contribution in [0.4, 0.5) is 5.69 Å². The Morgan fingerprint density at radius 1 is 1.00 bits per heavy atom. The Balaban J connectivity index is 1.71. The molecule has 3 nitrogen and oxygen atoms in total. The zero-order valence-corrected chi connectivity index (χ0v) is 15.4. The minimum atomic E-state index is 0.209. The van der Waals surface area contributed by atoms with Crippen LogP contribution in [-0.4, -0.2) is 25.7 Å². The van der Waals surface area contributed by atoms with Gasteiger partial charge >= 0.3 is 0 Å². The number of nitrogens with zero attached hydrogens (tertiary/aromatic N) is 1. The molecule has 134 valence electrons. The summed E-state index contributed by atoms with van der Waals surface area (Å²) in [5, 5.41) is 0. The fourth-order valence-electron chi connectivity index (χ4n) is 3.59. The molecule has 0 aliphatic carbocycles. The van der Waals surface area contributed by atoms with E-state index in [4.69, 9.17) is 10.5 Å². The molecule has 25 heavy (non-hydrogen) atoms. The molecule has 0 bridgehead atoms. The molecule has 0 aromatic heterocycles. The van der Waals surface area contributed by atoms with Crippen molar-refractivity contribution in [2.45, 2.75) is 45.1 Å². The van der Waals surface area contributed by atoms with E-state index >= 15 is 0 Å². The van der Waals surface area contributed by atoms with Crippen LogP contribution in [0.2, 0.25) is 0 Å². The van der Waals surface area contributed by atoms with E-state index in [1.807, 2.05) is 0 Å². The van der Waals surface area contributed by atoms with Crippen LogP contribution in [0, 0.1) is 0 Å². The molecule has 3 heteroatoms. The minimum Gasteiger partial charge on any atom is -0.494 e. The first-order valence-electron chi connectivity index (χ1n) is 9.51. The van der Waals surface area contributed by atoms with Gasteiger partial charge in [0.25, 0.3) is 0 Å². The Kier molecular flexibility index (Phi) is 5.98. The molecule has 2 unspecified atom stereocenters. The highest BCUT2D eigenvalue weighted by Gasteiger charge is 2.26. The zero-order valence-electron chi connectivity index (χ0n) is 15.4. The van der Waals surface area contributed by atoms with Crippen LogP contribution < -0.4 is 15.4 Å². The highest BCUT2D eigenvalue weighted by molar-refractivity contribution is 5.50. The third kappa shape index (κ3) is 4.55. The van der Waals surface area contributed by atoms with Crippen LogP contribution in [0.3, 0.4) is 0 Å². The summed E-state index contributed by atoms with van der Waals surface area (Å²) < 4.78 is 5.69. The standard InChI is InChI=1S/C22H30N2O/c1-3-13-25-22-11-9-21(10-12-22)24-15-19(14-20(23)16-24)18-7-5-17(4-2)6-8-18/h5-12,19-20H,3-4,13-16,23H2,1-2H3. The van der Waals surface area contributed by atoms with Gasteiger partial charge in [-0.1, -0.05) is 38.1 Å². The molecule has 1 aliphatic rings. The molecule has 1 fully saturated rings. The maximum Gasteiger partial charge on any atom is 0.119 e. The van der Waals surface area contributed by atoms with Gasteiger partial charge in [0.1, 0.15) is 5.75 Å². The van der Waals surface area contributed by atoms with Gasteiger partial charge in [-0.05, 0) is 54.7 Å². The van der Waals surface area contributed by atoms with Gasteiger partial charge in [-0.2, -0.15) is 0 Å². The van der Waals surface area contributed by atoms with E-state index in [1.54, 1.807) is 0 Å². The monoisotopic (exact) mass is 338 g/mol. The molecule has 0 amide bonds. The summed E-state index contributed by atoms with van der Waals surface area (Å²) in [6.07, 6.45) is 3.17. The highest BCUT2D eigenvalue weighted by Crippen LogP contribution is 2.30. The fourth-order valence-corrected chi connectivity index (χ4v) is 3.59. The van der Waals surface area contributed by atoms with Crippen LogP contribution in [0.5, 0.6) is 5.75 Å². The minimum absolute atomic E-state index is 0.209. The van der Waals surface area contributed by atoms with Crippen LogP contribution in [0.15, 0.2) is 48.5 Å². The topological polar surface area (TPSA) is 38.5 Å². The van der Waals surface area contributed by atoms with Crippen molar-refractivity contribution in [3.8, 4) is 5.75 Å². The molecule has 1 aliphatic heterocycles. The summed E-state index contributed by atoms with van der Waals surface area (Å²) in [5.41, 5.74) is 10.4. The van der Waals surface area contributed by atoms with Gasteiger partial charge in [0.15, 0.2) is 0 Å². The van der Waals surface area contributed by atoms with Crippen molar-refractivity contribution >= 4 is 5.69 Å². The van der Waals surface area contributed by atoms with E-state index in [9.17, 15) is 0 Å². The maximum atomic E-state index is 6.38. The predicted molar refractivity (Wildman–Crippen MR) is 106 cm³/mol. The second-order valence-electron chi connectivity index (χ2n) is 7.04. The highest BCUT2D eigenvalue weighted by atomic mass is 16.5. The molecule has 2 N–H and O–H groups in total. The van der Waals surface area contributed by atoms with Crippen LogP contribution in [0.25, 0.3) is 0 Å². The Bertz CT molecular complexity index is 651. The van der Waals surface area contributed by atoms with Crippen molar-refractivity contribution in [3.63, 3.8) is 0 Å². The molecule has 2 aromatic rings. The summed E-state index contributed by atoms with van der Waals surface area (Å²) in [4.78, 5) is 2.41. The van der Waals surface area contributed by atoms with Crippen LogP contribution in [-0.2, 0) is 6.42 Å². The predicted octanol–water partition coefficient (Wildman–Crippen LogP) is 4.36. The van der Waals surface area contributed by atoms with Crippen molar-refractivity contribution in [1.82, 2.24) is 0 Å². The number of benzene rings is 2. The molecule has 0 spiro atoms. The number of ether oxygens (including phenoxy) is 1. The Labute approximate surface area is 151 Å². The smallest absolute Gasteiger partial charge is 0.119 e. The van der Waals surface area contributed by atoms with Gasteiger partial charge in [0, 0.05) is 30.7 Å².